The summed E-state index contributed by atoms with van der Waals surface area (Å²) < 4.78 is 13.1. The van der Waals surface area contributed by atoms with Crippen molar-refractivity contribution in [2.45, 2.75) is 6.42 Å². The zero-order chi connectivity index (χ0) is 17.3. The summed E-state index contributed by atoms with van der Waals surface area (Å²) in [5.41, 5.74) is 1.34. The summed E-state index contributed by atoms with van der Waals surface area (Å²) in [7, 11) is 0. The van der Waals surface area contributed by atoms with Gasteiger partial charge < -0.3 is 5.32 Å². The molecule has 1 N–H and O–H groups in total. The average Bonchev–Trinajstić information content (AvgIpc) is 2.55. The summed E-state index contributed by atoms with van der Waals surface area (Å²) in [5.74, 6) is -2.12. The minimum Gasteiger partial charge on any atom is -0.324 e. The third-order valence-electron chi connectivity index (χ3n) is 3.64. The molecule has 0 spiro atoms. The minimum absolute atomic E-state index is 0.0670. The van der Waals surface area contributed by atoms with E-state index in [1.165, 1.54) is 12.1 Å². The Morgan fingerprint density at radius 2 is 1.96 bits per heavy atom. The molecular formula is C17H12ClFN2O3. The molecule has 1 aliphatic heterocycles. The van der Waals surface area contributed by atoms with Gasteiger partial charge >= 0.3 is 0 Å². The Labute approximate surface area is 142 Å². The largest absolute Gasteiger partial charge is 0.324 e. The lowest BCUT2D eigenvalue weighted by atomic mass is 9.98. The first-order valence-electron chi connectivity index (χ1n) is 7.13. The second-order valence-electron chi connectivity index (χ2n) is 5.30. The van der Waals surface area contributed by atoms with Gasteiger partial charge in [0, 0.05) is 11.3 Å². The van der Waals surface area contributed by atoms with Gasteiger partial charge in [-0.25, -0.2) is 4.39 Å². The monoisotopic (exact) mass is 346 g/mol. The standard InChI is InChI=1S/C17H12ClFN2O3/c18-13-8-11(5-6-14(13)19)20-15(22)9-21-16(23)7-10-3-1-2-4-12(10)17(21)24/h1-6,8H,7,9H2,(H,20,22). The van der Waals surface area contributed by atoms with Crippen molar-refractivity contribution in [2.24, 2.45) is 0 Å². The van der Waals surface area contributed by atoms with Gasteiger partial charge in [-0.3, -0.25) is 19.3 Å². The van der Waals surface area contributed by atoms with E-state index in [0.717, 1.165) is 11.0 Å². The van der Waals surface area contributed by atoms with Crippen molar-refractivity contribution in [3.63, 3.8) is 0 Å². The number of nitrogens with one attached hydrogen (secondary N) is 1. The highest BCUT2D eigenvalue weighted by atomic mass is 35.5. The number of hydrogen-bond acceptors (Lipinski definition) is 3. The van der Waals surface area contributed by atoms with Crippen LogP contribution in [-0.4, -0.2) is 29.2 Å². The van der Waals surface area contributed by atoms with Gasteiger partial charge in [-0.1, -0.05) is 29.8 Å². The molecule has 0 saturated carbocycles. The van der Waals surface area contributed by atoms with Crippen molar-refractivity contribution in [3.8, 4) is 0 Å². The number of rotatable bonds is 3. The molecule has 0 aliphatic carbocycles. The molecule has 0 bridgehead atoms. The number of carbonyl (C=O) groups excluding carboxylic acids is 3. The van der Waals surface area contributed by atoms with Crippen LogP contribution in [0.3, 0.4) is 0 Å². The minimum atomic E-state index is -0.604. The van der Waals surface area contributed by atoms with Crippen molar-refractivity contribution < 1.29 is 18.8 Å². The predicted molar refractivity (Wildman–Crippen MR) is 86.2 cm³/mol. The smallest absolute Gasteiger partial charge is 0.261 e. The third kappa shape index (κ3) is 3.14. The van der Waals surface area contributed by atoms with E-state index in [4.69, 9.17) is 11.6 Å². The summed E-state index contributed by atoms with van der Waals surface area (Å²) in [5, 5.41) is 2.35. The maximum atomic E-state index is 13.1. The molecule has 122 valence electrons. The first-order valence-corrected chi connectivity index (χ1v) is 7.51. The van der Waals surface area contributed by atoms with Crippen molar-refractivity contribution in [1.82, 2.24) is 4.90 Å². The molecule has 1 aliphatic rings. The Kier molecular flexibility index (Phi) is 4.31. The van der Waals surface area contributed by atoms with Gasteiger partial charge in [-0.15, -0.1) is 0 Å². The number of carbonyl (C=O) groups is 3. The maximum absolute atomic E-state index is 13.1. The van der Waals surface area contributed by atoms with Gasteiger partial charge in [-0.05, 0) is 29.8 Å². The summed E-state index contributed by atoms with van der Waals surface area (Å²) in [6, 6.07) is 10.5. The van der Waals surface area contributed by atoms with Crippen LogP contribution in [0.15, 0.2) is 42.5 Å². The third-order valence-corrected chi connectivity index (χ3v) is 3.93. The lowest BCUT2D eigenvalue weighted by Gasteiger charge is -2.26. The van der Waals surface area contributed by atoms with Crippen LogP contribution in [0.5, 0.6) is 0 Å². The van der Waals surface area contributed by atoms with Crippen LogP contribution in [0.25, 0.3) is 0 Å². The van der Waals surface area contributed by atoms with Gasteiger partial charge in [0.1, 0.15) is 12.4 Å². The molecule has 3 rings (SSSR count). The summed E-state index contributed by atoms with van der Waals surface area (Å²) >= 11 is 5.65. The molecule has 5 nitrogen and oxygen atoms in total. The zero-order valence-corrected chi connectivity index (χ0v) is 13.1. The van der Waals surface area contributed by atoms with Crippen LogP contribution in [0.1, 0.15) is 15.9 Å². The quantitative estimate of drug-likeness (QED) is 0.869. The number of anilines is 1. The summed E-state index contributed by atoms with van der Waals surface area (Å²) in [4.78, 5) is 37.5. The van der Waals surface area contributed by atoms with Crippen LogP contribution in [0.2, 0.25) is 5.02 Å². The van der Waals surface area contributed by atoms with E-state index < -0.39 is 30.1 Å². The molecule has 7 heteroatoms. The Hall–Kier alpha value is -2.73. The van der Waals surface area contributed by atoms with Crippen molar-refractivity contribution in [2.75, 3.05) is 11.9 Å². The van der Waals surface area contributed by atoms with E-state index in [-0.39, 0.29) is 17.1 Å². The van der Waals surface area contributed by atoms with Crippen molar-refractivity contribution in [1.29, 1.82) is 0 Å². The average molecular weight is 347 g/mol. The molecule has 2 aromatic carbocycles. The molecule has 0 unspecified atom stereocenters. The van der Waals surface area contributed by atoms with Crippen LogP contribution < -0.4 is 5.32 Å². The highest BCUT2D eigenvalue weighted by Gasteiger charge is 2.31. The van der Waals surface area contributed by atoms with E-state index in [1.807, 2.05) is 0 Å². The van der Waals surface area contributed by atoms with Gasteiger partial charge in [0.15, 0.2) is 0 Å². The van der Waals surface area contributed by atoms with E-state index in [9.17, 15) is 18.8 Å². The van der Waals surface area contributed by atoms with Crippen molar-refractivity contribution >= 4 is 35.0 Å². The predicted octanol–water partition coefficient (Wildman–Crippen LogP) is 2.64. The fourth-order valence-corrected chi connectivity index (χ4v) is 2.66. The topological polar surface area (TPSA) is 66.5 Å². The Balaban J connectivity index is 1.73. The van der Waals surface area contributed by atoms with Gasteiger partial charge in [0.05, 0.1) is 11.4 Å². The Morgan fingerprint density at radius 1 is 1.21 bits per heavy atom. The molecule has 3 amide bonds. The SMILES string of the molecule is O=C(CN1C(=O)Cc2ccccc2C1=O)Nc1ccc(F)c(Cl)c1. The van der Waals surface area contributed by atoms with E-state index in [2.05, 4.69) is 5.32 Å². The summed E-state index contributed by atoms with van der Waals surface area (Å²) in [6.45, 7) is -0.416. The fraction of sp³-hybridized carbons (Fsp3) is 0.118. The van der Waals surface area contributed by atoms with E-state index in [0.29, 0.717) is 11.1 Å². The molecule has 0 fully saturated rings. The zero-order valence-electron chi connectivity index (χ0n) is 12.4. The van der Waals surface area contributed by atoms with E-state index in [1.54, 1.807) is 24.3 Å². The summed E-state index contributed by atoms with van der Waals surface area (Å²) in [6.07, 6.45) is 0.0670. The Bertz CT molecular complexity index is 853. The molecule has 0 atom stereocenters. The lowest BCUT2D eigenvalue weighted by Crippen LogP contribution is -2.46. The highest BCUT2D eigenvalue weighted by Crippen LogP contribution is 2.21. The molecule has 2 aromatic rings. The maximum Gasteiger partial charge on any atom is 0.261 e. The van der Waals surface area contributed by atoms with Crippen LogP contribution >= 0.6 is 11.6 Å². The number of amides is 3. The van der Waals surface area contributed by atoms with Crippen LogP contribution in [0, 0.1) is 5.82 Å². The molecule has 0 saturated heterocycles. The molecule has 0 radical (unpaired) electrons. The molecule has 1 heterocycles. The second kappa shape index (κ2) is 6.41. The molecular weight excluding hydrogens is 335 g/mol. The van der Waals surface area contributed by atoms with Gasteiger partial charge in [0.25, 0.3) is 5.91 Å². The van der Waals surface area contributed by atoms with Crippen LogP contribution in [0.4, 0.5) is 10.1 Å². The normalized spacial score (nSPS) is 13.7. The number of hydrogen-bond donors (Lipinski definition) is 1. The lowest BCUT2D eigenvalue weighted by molar-refractivity contribution is -0.131. The fourth-order valence-electron chi connectivity index (χ4n) is 2.48. The number of imide groups is 1. The number of benzene rings is 2. The first kappa shape index (κ1) is 16.1. The molecule has 24 heavy (non-hydrogen) atoms. The van der Waals surface area contributed by atoms with Crippen LogP contribution in [-0.2, 0) is 16.0 Å². The van der Waals surface area contributed by atoms with Gasteiger partial charge in [-0.2, -0.15) is 0 Å². The highest BCUT2D eigenvalue weighted by molar-refractivity contribution is 6.31. The van der Waals surface area contributed by atoms with Gasteiger partial charge in [0.2, 0.25) is 11.8 Å². The number of fused-ring (bicyclic) bond motifs is 1. The molecule has 0 aromatic heterocycles. The number of nitrogens with zero attached hydrogens (tertiary/aromatic N) is 1. The van der Waals surface area contributed by atoms with E-state index >= 15 is 0 Å². The first-order chi connectivity index (χ1) is 11.5. The second-order valence-corrected chi connectivity index (χ2v) is 5.70. The van der Waals surface area contributed by atoms with Crippen molar-refractivity contribution in [3.05, 3.63) is 64.4 Å². The number of halogens is 2. The Morgan fingerprint density at radius 3 is 2.71 bits per heavy atom.